The molecule has 2 aromatic rings. The smallest absolute Gasteiger partial charge is 0.126 e. The van der Waals surface area contributed by atoms with Crippen molar-refractivity contribution in [3.8, 4) is 6.07 Å². The van der Waals surface area contributed by atoms with Crippen LogP contribution < -0.4 is 0 Å². The molecule has 0 atom stereocenters. The topological polar surface area (TPSA) is 23.8 Å². The van der Waals surface area contributed by atoms with Crippen molar-refractivity contribution in [2.45, 2.75) is 55.4 Å². The number of rotatable bonds is 0. The van der Waals surface area contributed by atoms with Gasteiger partial charge in [-0.1, -0.05) is 77.9 Å². The Balaban J connectivity index is -0.000000264. The van der Waals surface area contributed by atoms with Crippen LogP contribution in [0.1, 0.15) is 58.2 Å². The number of nitriles is 1. The van der Waals surface area contributed by atoms with Crippen molar-refractivity contribution in [2.24, 2.45) is 0 Å². The Morgan fingerprint density at radius 3 is 1.35 bits per heavy atom. The fourth-order valence-electron chi connectivity index (χ4n) is 1.25. The van der Waals surface area contributed by atoms with E-state index >= 15 is 0 Å². The minimum atomic E-state index is -0.132. The van der Waals surface area contributed by atoms with Gasteiger partial charge in [0.15, 0.2) is 0 Å². The first-order valence-corrected chi connectivity index (χ1v) is 8.32. The van der Waals surface area contributed by atoms with Crippen molar-refractivity contribution in [2.75, 3.05) is 0 Å². The Kier molecular flexibility index (Phi) is 22.3. The van der Waals surface area contributed by atoms with E-state index in [2.05, 4.69) is 6.07 Å². The monoisotopic (exact) mass is 317 g/mol. The predicted molar refractivity (Wildman–Crippen MR) is 101 cm³/mol. The highest BCUT2D eigenvalue weighted by Gasteiger charge is 1.90. The van der Waals surface area contributed by atoms with Crippen LogP contribution in [-0.2, 0) is 0 Å². The molecule has 0 saturated heterocycles. The summed E-state index contributed by atoms with van der Waals surface area (Å²) in [5.74, 6) is -0.132. The molecular formula is C21H32FN. The van der Waals surface area contributed by atoms with E-state index in [-0.39, 0.29) is 5.82 Å². The van der Waals surface area contributed by atoms with Crippen LogP contribution in [0.5, 0.6) is 0 Å². The molecule has 2 heteroatoms. The summed E-state index contributed by atoms with van der Waals surface area (Å²) in [5, 5.41) is 8.47. The van der Waals surface area contributed by atoms with Crippen molar-refractivity contribution < 1.29 is 4.39 Å². The molecule has 23 heavy (non-hydrogen) atoms. The number of hydrogen-bond acceptors (Lipinski definition) is 1. The lowest BCUT2D eigenvalue weighted by atomic mass is 10.1. The lowest BCUT2D eigenvalue weighted by Gasteiger charge is -1.90. The van der Waals surface area contributed by atoms with E-state index in [9.17, 15) is 4.39 Å². The van der Waals surface area contributed by atoms with Gasteiger partial charge in [-0.05, 0) is 37.1 Å². The van der Waals surface area contributed by atoms with Gasteiger partial charge in [-0.3, -0.25) is 0 Å². The summed E-state index contributed by atoms with van der Waals surface area (Å²) in [4.78, 5) is 0. The Morgan fingerprint density at radius 1 is 0.696 bits per heavy atom. The van der Waals surface area contributed by atoms with Crippen LogP contribution in [0.3, 0.4) is 0 Å². The van der Waals surface area contributed by atoms with Crippen LogP contribution in [0.25, 0.3) is 0 Å². The molecule has 0 aromatic heterocycles. The van der Waals surface area contributed by atoms with E-state index in [4.69, 9.17) is 5.26 Å². The largest absolute Gasteiger partial charge is 0.207 e. The first-order chi connectivity index (χ1) is 11.1. The second-order valence-electron chi connectivity index (χ2n) is 3.68. The number of benzene rings is 2. The zero-order chi connectivity index (χ0) is 18.7. The van der Waals surface area contributed by atoms with Crippen LogP contribution in [0.2, 0.25) is 0 Å². The highest BCUT2D eigenvalue weighted by atomic mass is 19.1. The molecule has 0 aliphatic carbocycles. The summed E-state index contributed by atoms with van der Waals surface area (Å²) in [6.07, 6.45) is 0. The first-order valence-electron chi connectivity index (χ1n) is 8.32. The van der Waals surface area contributed by atoms with Crippen LogP contribution in [-0.4, -0.2) is 0 Å². The summed E-state index contributed by atoms with van der Waals surface area (Å²) in [5.41, 5.74) is 2.50. The van der Waals surface area contributed by atoms with Crippen molar-refractivity contribution in [3.05, 3.63) is 71.0 Å². The van der Waals surface area contributed by atoms with E-state index < -0.39 is 0 Å². The van der Waals surface area contributed by atoms with Crippen molar-refractivity contribution in [1.29, 1.82) is 5.26 Å². The average Bonchev–Trinajstić information content (AvgIpc) is 2.64. The number of hydrogen-bond donors (Lipinski definition) is 0. The summed E-state index contributed by atoms with van der Waals surface area (Å²) in [6, 6.07) is 16.3. The lowest BCUT2D eigenvalue weighted by molar-refractivity contribution is 0.618. The van der Waals surface area contributed by atoms with Crippen LogP contribution >= 0.6 is 0 Å². The second-order valence-corrected chi connectivity index (χ2v) is 3.68. The average molecular weight is 317 g/mol. The van der Waals surface area contributed by atoms with Gasteiger partial charge >= 0.3 is 0 Å². The molecular weight excluding hydrogens is 285 g/mol. The molecule has 0 bridgehead atoms. The first kappa shape index (κ1) is 25.8. The van der Waals surface area contributed by atoms with Gasteiger partial charge in [0.1, 0.15) is 5.82 Å². The van der Waals surface area contributed by atoms with Gasteiger partial charge in [0, 0.05) is 0 Å². The summed E-state index contributed by atoms with van der Waals surface area (Å²) < 4.78 is 12.3. The lowest BCUT2D eigenvalue weighted by Crippen LogP contribution is -1.77. The van der Waals surface area contributed by atoms with Crippen molar-refractivity contribution in [3.63, 3.8) is 0 Å². The molecule has 128 valence electrons. The standard InChI is InChI=1S/C8H7N.C7H7F.3C2H6/c1-7-4-2-3-5-8(7)6-9;1-6-4-2-3-5-7(6)8;3*1-2/h2-5H,1H3;2-5H,1H3;3*1-2H3. The zero-order valence-corrected chi connectivity index (χ0v) is 15.9. The third kappa shape index (κ3) is 13.3. The van der Waals surface area contributed by atoms with Crippen molar-refractivity contribution in [1.82, 2.24) is 0 Å². The maximum Gasteiger partial charge on any atom is 0.126 e. The van der Waals surface area contributed by atoms with Gasteiger partial charge in [-0.25, -0.2) is 4.39 Å². The van der Waals surface area contributed by atoms with E-state index in [0.717, 1.165) is 11.1 Å². The maximum atomic E-state index is 12.3. The number of halogens is 1. The maximum absolute atomic E-state index is 12.3. The Labute approximate surface area is 142 Å². The van der Waals surface area contributed by atoms with Gasteiger partial charge in [0.05, 0.1) is 11.6 Å². The summed E-state index contributed by atoms with van der Waals surface area (Å²) >= 11 is 0. The van der Waals surface area contributed by atoms with Gasteiger partial charge in [0.2, 0.25) is 0 Å². The molecule has 0 N–H and O–H groups in total. The molecule has 0 spiro atoms. The third-order valence-corrected chi connectivity index (χ3v) is 2.34. The molecule has 0 aliphatic rings. The van der Waals surface area contributed by atoms with Crippen molar-refractivity contribution >= 4 is 0 Å². The van der Waals surface area contributed by atoms with E-state index in [1.807, 2.05) is 78.8 Å². The molecule has 0 heterocycles. The molecule has 0 radical (unpaired) electrons. The fourth-order valence-corrected chi connectivity index (χ4v) is 1.25. The van der Waals surface area contributed by atoms with Gasteiger partial charge < -0.3 is 0 Å². The third-order valence-electron chi connectivity index (χ3n) is 2.34. The predicted octanol–water partition coefficient (Wildman–Crippen LogP) is 7.08. The SMILES string of the molecule is CC.CC.CC.Cc1ccccc1C#N.Cc1ccccc1F. The molecule has 0 saturated carbocycles. The summed E-state index contributed by atoms with van der Waals surface area (Å²) in [7, 11) is 0. The fraction of sp³-hybridized carbons (Fsp3) is 0.381. The minimum absolute atomic E-state index is 0.132. The van der Waals surface area contributed by atoms with E-state index in [0.29, 0.717) is 5.56 Å². The van der Waals surface area contributed by atoms with Crippen LogP contribution in [0, 0.1) is 31.0 Å². The minimum Gasteiger partial charge on any atom is -0.207 e. The Bertz CT molecular complexity index is 506. The molecule has 0 fully saturated rings. The quantitative estimate of drug-likeness (QED) is 0.509. The highest BCUT2D eigenvalue weighted by Crippen LogP contribution is 2.03. The van der Waals surface area contributed by atoms with Gasteiger partial charge in [0.25, 0.3) is 0 Å². The Hall–Kier alpha value is -2.14. The Morgan fingerprint density at radius 2 is 1.09 bits per heavy atom. The highest BCUT2D eigenvalue weighted by molar-refractivity contribution is 5.35. The van der Waals surface area contributed by atoms with Crippen LogP contribution in [0.15, 0.2) is 48.5 Å². The van der Waals surface area contributed by atoms with Gasteiger partial charge in [-0.15, -0.1) is 0 Å². The molecule has 2 rings (SSSR count). The molecule has 1 nitrogen and oxygen atoms in total. The molecule has 0 amide bonds. The van der Waals surface area contributed by atoms with E-state index in [1.165, 1.54) is 6.07 Å². The normalized spacial score (nSPS) is 7.30. The summed E-state index contributed by atoms with van der Waals surface area (Å²) in [6.45, 7) is 15.7. The second kappa shape index (κ2) is 19.9. The zero-order valence-electron chi connectivity index (χ0n) is 15.9. The number of aryl methyl sites for hydroxylation is 2. The number of nitrogens with zero attached hydrogens (tertiary/aromatic N) is 1. The molecule has 2 aromatic carbocycles. The van der Waals surface area contributed by atoms with Gasteiger partial charge in [-0.2, -0.15) is 5.26 Å². The molecule has 0 unspecified atom stereocenters. The molecule has 0 aliphatic heterocycles. The van der Waals surface area contributed by atoms with Crippen LogP contribution in [0.4, 0.5) is 4.39 Å². The van der Waals surface area contributed by atoms with E-state index in [1.54, 1.807) is 19.1 Å².